The molecule has 0 bridgehead atoms. The van der Waals surface area contributed by atoms with Gasteiger partial charge in [0.25, 0.3) is 10.9 Å². The molecular weight excluding hydrogens is 499 g/mol. The number of anilines is 1. The second-order valence-electron chi connectivity index (χ2n) is 5.29. The van der Waals surface area contributed by atoms with E-state index in [2.05, 4.69) is 15.5 Å². The van der Waals surface area contributed by atoms with Crippen LogP contribution in [-0.4, -0.2) is 45.2 Å². The predicted molar refractivity (Wildman–Crippen MR) is 115 cm³/mol. The third-order valence-corrected chi connectivity index (χ3v) is 4.37. The Morgan fingerprint density at radius 2 is 1.94 bits per heavy atom. The fourth-order valence-corrected chi connectivity index (χ4v) is 2.75. The van der Waals surface area contributed by atoms with E-state index < -0.39 is 28.6 Å². The van der Waals surface area contributed by atoms with Crippen LogP contribution in [0.25, 0.3) is 0 Å². The highest BCUT2D eigenvalue weighted by molar-refractivity contribution is 7.14. The first-order valence-electron chi connectivity index (χ1n) is 7.90. The second kappa shape index (κ2) is 12.8. The van der Waals surface area contributed by atoms with E-state index in [9.17, 15) is 24.5 Å². The van der Waals surface area contributed by atoms with Crippen LogP contribution in [0, 0.1) is 10.1 Å². The van der Waals surface area contributed by atoms with Gasteiger partial charge < -0.3 is 14.9 Å². The summed E-state index contributed by atoms with van der Waals surface area (Å²) in [5.41, 5.74) is 0.100. The van der Waals surface area contributed by atoms with Crippen molar-refractivity contribution in [3.8, 4) is 0 Å². The van der Waals surface area contributed by atoms with Gasteiger partial charge in [-0.25, -0.2) is 9.78 Å². The molecule has 0 saturated carbocycles. The number of nitrogens with zero attached hydrogens (tertiary/aromatic N) is 3. The number of nitro benzene ring substituents is 1. The molecule has 0 aliphatic carbocycles. The van der Waals surface area contributed by atoms with E-state index in [4.69, 9.17) is 32.8 Å². The smallest absolute Gasteiger partial charge is 0.347 e. The van der Waals surface area contributed by atoms with Crippen LogP contribution >= 0.6 is 46.9 Å². The van der Waals surface area contributed by atoms with Crippen LogP contribution in [0.1, 0.15) is 11.3 Å². The number of nitrogens with one attached hydrogen (secondary N) is 1. The van der Waals surface area contributed by atoms with Gasteiger partial charge in [-0.05, 0) is 29.3 Å². The summed E-state index contributed by atoms with van der Waals surface area (Å²) in [6.07, 6.45) is 0. The molecule has 0 aliphatic heterocycles. The highest BCUT2D eigenvalue weighted by Crippen LogP contribution is 2.17. The van der Waals surface area contributed by atoms with E-state index >= 15 is 0 Å². The maximum Gasteiger partial charge on any atom is 0.347 e. The zero-order chi connectivity index (χ0) is 22.1. The number of halogens is 3. The van der Waals surface area contributed by atoms with E-state index in [1.54, 1.807) is 0 Å². The van der Waals surface area contributed by atoms with Crippen LogP contribution < -0.4 is 5.32 Å². The van der Waals surface area contributed by atoms with E-state index in [0.717, 1.165) is 11.3 Å². The van der Waals surface area contributed by atoms with Gasteiger partial charge in [0.15, 0.2) is 10.8 Å². The van der Waals surface area contributed by atoms with Gasteiger partial charge in [-0.1, -0.05) is 5.16 Å². The van der Waals surface area contributed by atoms with Gasteiger partial charge in [-0.2, -0.15) is 0 Å². The first-order chi connectivity index (χ1) is 14.3. The Kier molecular flexibility index (Phi) is 10.8. The van der Waals surface area contributed by atoms with Crippen molar-refractivity contribution in [2.75, 3.05) is 17.8 Å². The summed E-state index contributed by atoms with van der Waals surface area (Å²) in [6.45, 7) is -0.762. The number of thiazole rings is 1. The number of amides is 1. The molecule has 0 spiro atoms. The lowest BCUT2D eigenvalue weighted by Crippen LogP contribution is -2.15. The number of rotatable bonds is 10. The second-order valence-corrected chi connectivity index (χ2v) is 6.76. The number of benzene rings is 1. The van der Waals surface area contributed by atoms with Gasteiger partial charge in [-0.15, -0.1) is 35.3 Å². The topological polar surface area (TPSA) is 150 Å². The molecule has 0 saturated heterocycles. The molecule has 0 unspecified atom stereocenters. The lowest BCUT2D eigenvalue weighted by Gasteiger charge is -2.04. The average Bonchev–Trinajstić information content (AvgIpc) is 3.17. The van der Waals surface area contributed by atoms with Crippen molar-refractivity contribution in [1.29, 1.82) is 0 Å². The quantitative estimate of drug-likeness (QED) is 0.128. The molecule has 31 heavy (non-hydrogen) atoms. The molecule has 0 radical (unpaired) electrons. The maximum absolute atomic E-state index is 11.7. The molecule has 2 rings (SSSR count). The largest absolute Gasteiger partial charge is 0.458 e. The number of oxime groups is 1. The van der Waals surface area contributed by atoms with Gasteiger partial charge in [0.2, 0.25) is 12.5 Å². The number of aromatic nitrogens is 1. The molecular formula is C16H13Cl3N4O7S. The molecule has 2 aromatic rings. The highest BCUT2D eigenvalue weighted by Gasteiger charge is 2.18. The van der Waals surface area contributed by atoms with Gasteiger partial charge in [-0.3, -0.25) is 19.7 Å². The van der Waals surface area contributed by atoms with Crippen molar-refractivity contribution in [2.45, 2.75) is 6.61 Å². The van der Waals surface area contributed by atoms with Crippen LogP contribution in [0.2, 0.25) is 0 Å². The Morgan fingerprint density at radius 1 is 1.26 bits per heavy atom. The lowest BCUT2D eigenvalue weighted by molar-refractivity contribution is -0.384. The van der Waals surface area contributed by atoms with Gasteiger partial charge in [0, 0.05) is 17.5 Å². The molecule has 0 atom stereocenters. The molecule has 15 heteroatoms. The van der Waals surface area contributed by atoms with Crippen molar-refractivity contribution < 1.29 is 28.9 Å². The van der Waals surface area contributed by atoms with Gasteiger partial charge >= 0.3 is 5.97 Å². The average molecular weight is 512 g/mol. The molecule has 1 aromatic carbocycles. The fourth-order valence-electron chi connectivity index (χ4n) is 1.84. The molecule has 1 heterocycles. The number of non-ortho nitro benzene ring substituents is 1. The number of esters is 1. The van der Waals surface area contributed by atoms with E-state index in [-0.39, 0.29) is 47.1 Å². The minimum absolute atomic E-state index is 0. The van der Waals surface area contributed by atoms with Crippen molar-refractivity contribution in [2.24, 2.45) is 5.16 Å². The monoisotopic (exact) mass is 510 g/mol. The fraction of sp³-hybridized carbons (Fsp3) is 0.188. The summed E-state index contributed by atoms with van der Waals surface area (Å²) in [5.74, 6) is -1.55. The number of ether oxygens (including phenoxy) is 1. The SMILES string of the molecule is Cl.O=C(CCl)Nc1nc(/C(=N/OCC(=O)OCc2ccc([N+](=O)[O-])cc2)C(=O)Cl)cs1. The standard InChI is InChI=1S/C16H12Cl2N4O7S.ClH/c17-5-12(23)20-16-19-11(8-30-16)14(15(18)25)21-29-7-13(24)28-6-9-1-3-10(4-2-9)22(26)27;/h1-4,8H,5-7H2,(H,19,20,23);1H/b21-14-;. The maximum atomic E-state index is 11.7. The molecule has 166 valence electrons. The van der Waals surface area contributed by atoms with E-state index in [1.165, 1.54) is 29.6 Å². The molecule has 11 nitrogen and oxygen atoms in total. The summed E-state index contributed by atoms with van der Waals surface area (Å²) in [4.78, 5) is 53.3. The van der Waals surface area contributed by atoms with Crippen LogP contribution in [0.15, 0.2) is 34.8 Å². The number of hydrogen-bond acceptors (Lipinski definition) is 10. The Hall–Kier alpha value is -2.80. The zero-order valence-corrected chi connectivity index (χ0v) is 18.4. The predicted octanol–water partition coefficient (Wildman–Crippen LogP) is 2.88. The Bertz CT molecular complexity index is 982. The van der Waals surface area contributed by atoms with Crippen LogP contribution in [0.4, 0.5) is 10.8 Å². The third kappa shape index (κ3) is 8.45. The highest BCUT2D eigenvalue weighted by atomic mass is 35.5. The van der Waals surface area contributed by atoms with Crippen molar-refractivity contribution in [3.63, 3.8) is 0 Å². The molecule has 1 aromatic heterocycles. The summed E-state index contributed by atoms with van der Waals surface area (Å²) in [7, 11) is 0. The van der Waals surface area contributed by atoms with E-state index in [1.807, 2.05) is 0 Å². The lowest BCUT2D eigenvalue weighted by atomic mass is 10.2. The molecule has 0 fully saturated rings. The molecule has 1 N–H and O–H groups in total. The Balaban J connectivity index is 0.00000480. The Morgan fingerprint density at radius 3 is 2.52 bits per heavy atom. The number of hydrogen-bond donors (Lipinski definition) is 1. The summed E-state index contributed by atoms with van der Waals surface area (Å²) in [5, 5.41) is 17.1. The minimum atomic E-state index is -0.991. The van der Waals surface area contributed by atoms with E-state index in [0.29, 0.717) is 5.56 Å². The van der Waals surface area contributed by atoms with Crippen molar-refractivity contribution >= 4 is 80.6 Å². The molecule has 0 aliphatic rings. The summed E-state index contributed by atoms with van der Waals surface area (Å²) < 4.78 is 4.94. The first kappa shape index (κ1) is 26.2. The van der Waals surface area contributed by atoms with Crippen LogP contribution in [0.5, 0.6) is 0 Å². The van der Waals surface area contributed by atoms with Gasteiger partial charge in [0.1, 0.15) is 18.2 Å². The summed E-state index contributed by atoms with van der Waals surface area (Å²) in [6, 6.07) is 5.44. The number of alkyl halides is 1. The van der Waals surface area contributed by atoms with Crippen molar-refractivity contribution in [1.82, 2.24) is 4.98 Å². The third-order valence-electron chi connectivity index (χ3n) is 3.19. The first-order valence-corrected chi connectivity index (χ1v) is 9.69. The van der Waals surface area contributed by atoms with Crippen molar-refractivity contribution in [3.05, 3.63) is 51.0 Å². The summed E-state index contributed by atoms with van der Waals surface area (Å²) >= 11 is 11.8. The molecule has 1 amide bonds. The number of nitro groups is 1. The normalized spacial score (nSPS) is 10.6. The van der Waals surface area contributed by atoms with Gasteiger partial charge in [0.05, 0.1) is 4.92 Å². The number of carbonyl (C=O) groups excluding carboxylic acids is 3. The zero-order valence-electron chi connectivity index (χ0n) is 15.3. The Labute approximate surface area is 194 Å². The van der Waals surface area contributed by atoms with Crippen LogP contribution in [0.3, 0.4) is 0 Å². The minimum Gasteiger partial charge on any atom is -0.458 e. The number of carbonyl (C=O) groups is 3. The van der Waals surface area contributed by atoms with Crippen LogP contribution in [-0.2, 0) is 30.6 Å².